The molecule has 0 fully saturated rings. The number of benzene rings is 1. The molecule has 0 unspecified atom stereocenters. The molecular formula is C18H23BrN2O3. The van der Waals surface area contributed by atoms with Crippen molar-refractivity contribution in [2.75, 3.05) is 19.5 Å². The summed E-state index contributed by atoms with van der Waals surface area (Å²) in [6.45, 7) is 0.913. The van der Waals surface area contributed by atoms with Crippen LogP contribution in [0.1, 0.15) is 19.3 Å². The molecule has 0 saturated heterocycles. The number of carbonyl (C=O) groups is 1. The van der Waals surface area contributed by atoms with E-state index in [1.807, 2.05) is 30.6 Å². The van der Waals surface area contributed by atoms with Crippen molar-refractivity contribution in [3.8, 4) is 11.5 Å². The molecule has 0 aliphatic carbocycles. The number of nitrogens with zero attached hydrogens (tertiary/aromatic N) is 1. The van der Waals surface area contributed by atoms with Crippen molar-refractivity contribution >= 4 is 11.6 Å². The minimum absolute atomic E-state index is 0. The number of aromatic nitrogens is 1. The molecule has 2 aromatic rings. The van der Waals surface area contributed by atoms with E-state index in [9.17, 15) is 4.79 Å². The molecule has 24 heavy (non-hydrogen) atoms. The fourth-order valence-electron chi connectivity index (χ4n) is 2.29. The second-order valence-electron chi connectivity index (χ2n) is 5.18. The van der Waals surface area contributed by atoms with Crippen LogP contribution in [-0.2, 0) is 11.3 Å². The molecule has 1 amide bonds. The second-order valence-corrected chi connectivity index (χ2v) is 5.18. The lowest BCUT2D eigenvalue weighted by molar-refractivity contribution is -0.697. The zero-order chi connectivity index (χ0) is 16.5. The van der Waals surface area contributed by atoms with Gasteiger partial charge in [-0.25, -0.2) is 4.57 Å². The fraction of sp³-hybridized carbons (Fsp3) is 0.333. The van der Waals surface area contributed by atoms with Gasteiger partial charge in [-0.05, 0) is 18.6 Å². The molecule has 0 spiro atoms. The molecule has 1 N–H and O–H groups in total. The lowest BCUT2D eigenvalue weighted by Gasteiger charge is -2.11. The SMILES string of the molecule is COc1ccc(OC)c(NC(=O)CCCC[n+]2ccccc2)c1.[Br-]. The summed E-state index contributed by atoms with van der Waals surface area (Å²) in [5.74, 6) is 1.29. The maximum absolute atomic E-state index is 12.1. The molecule has 0 atom stereocenters. The van der Waals surface area contributed by atoms with Crippen LogP contribution in [0.5, 0.6) is 11.5 Å². The lowest BCUT2D eigenvalue weighted by Crippen LogP contribution is -3.00. The average Bonchev–Trinajstić information content (AvgIpc) is 2.59. The number of anilines is 1. The molecule has 1 heterocycles. The second kappa shape index (κ2) is 10.6. The van der Waals surface area contributed by atoms with E-state index in [0.717, 1.165) is 19.4 Å². The number of unbranched alkanes of at least 4 members (excludes halogenated alkanes) is 1. The van der Waals surface area contributed by atoms with E-state index in [1.54, 1.807) is 32.4 Å². The van der Waals surface area contributed by atoms with Crippen LogP contribution in [0.4, 0.5) is 5.69 Å². The van der Waals surface area contributed by atoms with E-state index in [2.05, 4.69) is 9.88 Å². The van der Waals surface area contributed by atoms with Crippen molar-refractivity contribution in [1.29, 1.82) is 0 Å². The summed E-state index contributed by atoms with van der Waals surface area (Å²) in [4.78, 5) is 12.1. The minimum Gasteiger partial charge on any atom is -1.00 e. The molecule has 0 bridgehead atoms. The summed E-state index contributed by atoms with van der Waals surface area (Å²) >= 11 is 0. The first-order chi connectivity index (χ1) is 11.2. The number of pyridine rings is 1. The average molecular weight is 395 g/mol. The van der Waals surface area contributed by atoms with Gasteiger partial charge in [0, 0.05) is 31.0 Å². The third-order valence-corrected chi connectivity index (χ3v) is 3.53. The molecule has 0 radical (unpaired) electrons. The van der Waals surface area contributed by atoms with Gasteiger partial charge in [-0.15, -0.1) is 0 Å². The van der Waals surface area contributed by atoms with Crippen LogP contribution in [0.2, 0.25) is 0 Å². The summed E-state index contributed by atoms with van der Waals surface area (Å²) in [5, 5.41) is 2.88. The highest BCUT2D eigenvalue weighted by atomic mass is 79.9. The van der Waals surface area contributed by atoms with E-state index in [-0.39, 0.29) is 22.9 Å². The van der Waals surface area contributed by atoms with Gasteiger partial charge in [-0.3, -0.25) is 4.79 Å². The number of methoxy groups -OCH3 is 2. The number of hydrogen-bond acceptors (Lipinski definition) is 3. The summed E-state index contributed by atoms with van der Waals surface area (Å²) < 4.78 is 12.5. The van der Waals surface area contributed by atoms with Crippen molar-refractivity contribution < 1.29 is 35.8 Å². The molecule has 0 aliphatic rings. The molecule has 5 nitrogen and oxygen atoms in total. The van der Waals surface area contributed by atoms with Crippen LogP contribution in [0.3, 0.4) is 0 Å². The van der Waals surface area contributed by atoms with Crippen LogP contribution in [0.15, 0.2) is 48.8 Å². The van der Waals surface area contributed by atoms with E-state index in [0.29, 0.717) is 23.6 Å². The van der Waals surface area contributed by atoms with Crippen LogP contribution < -0.4 is 36.3 Å². The van der Waals surface area contributed by atoms with Gasteiger partial charge in [-0.1, -0.05) is 6.07 Å². The molecule has 2 rings (SSSR count). The summed E-state index contributed by atoms with van der Waals surface area (Å²) in [5.41, 5.74) is 0.634. The third-order valence-electron chi connectivity index (χ3n) is 3.53. The van der Waals surface area contributed by atoms with Crippen molar-refractivity contribution in [1.82, 2.24) is 0 Å². The Morgan fingerprint density at radius 2 is 1.83 bits per heavy atom. The van der Waals surface area contributed by atoms with E-state index in [4.69, 9.17) is 9.47 Å². The van der Waals surface area contributed by atoms with Crippen molar-refractivity contribution in [3.05, 3.63) is 48.8 Å². The Bertz CT molecular complexity index is 635. The van der Waals surface area contributed by atoms with Crippen LogP contribution in [0.25, 0.3) is 0 Å². The molecule has 130 valence electrons. The van der Waals surface area contributed by atoms with Gasteiger partial charge in [0.15, 0.2) is 12.4 Å². The molecular weight excluding hydrogens is 372 g/mol. The Hall–Kier alpha value is -2.08. The van der Waals surface area contributed by atoms with Gasteiger partial charge in [0.25, 0.3) is 0 Å². The number of rotatable bonds is 8. The Balaban J connectivity index is 0.00000288. The van der Waals surface area contributed by atoms with Crippen LogP contribution in [-0.4, -0.2) is 20.1 Å². The number of halogens is 1. The van der Waals surface area contributed by atoms with Crippen LogP contribution in [0, 0.1) is 0 Å². The van der Waals surface area contributed by atoms with Gasteiger partial charge in [-0.2, -0.15) is 0 Å². The van der Waals surface area contributed by atoms with Gasteiger partial charge < -0.3 is 31.8 Å². The Kier molecular flexibility index (Phi) is 8.86. The number of aryl methyl sites for hydroxylation is 1. The van der Waals surface area contributed by atoms with Crippen LogP contribution >= 0.6 is 0 Å². The highest BCUT2D eigenvalue weighted by Gasteiger charge is 2.09. The quantitative estimate of drug-likeness (QED) is 0.498. The maximum Gasteiger partial charge on any atom is 0.224 e. The number of ether oxygens (including phenoxy) is 2. The van der Waals surface area contributed by atoms with Gasteiger partial charge in [0.1, 0.15) is 18.0 Å². The Labute approximate surface area is 153 Å². The van der Waals surface area contributed by atoms with E-state index in [1.165, 1.54) is 0 Å². The molecule has 1 aromatic carbocycles. The predicted molar refractivity (Wildman–Crippen MR) is 88.7 cm³/mol. The smallest absolute Gasteiger partial charge is 0.224 e. The first kappa shape index (κ1) is 20.0. The zero-order valence-electron chi connectivity index (χ0n) is 14.0. The highest BCUT2D eigenvalue weighted by Crippen LogP contribution is 2.29. The van der Waals surface area contributed by atoms with Crippen molar-refractivity contribution in [2.45, 2.75) is 25.8 Å². The Morgan fingerprint density at radius 3 is 2.50 bits per heavy atom. The predicted octanol–water partition coefficient (Wildman–Crippen LogP) is -0.196. The number of amides is 1. The fourth-order valence-corrected chi connectivity index (χ4v) is 2.29. The largest absolute Gasteiger partial charge is 1.00 e. The lowest BCUT2D eigenvalue weighted by atomic mass is 10.2. The zero-order valence-corrected chi connectivity index (χ0v) is 15.6. The van der Waals surface area contributed by atoms with Gasteiger partial charge in [0.05, 0.1) is 19.9 Å². The number of nitrogens with one attached hydrogen (secondary N) is 1. The topological polar surface area (TPSA) is 51.4 Å². The summed E-state index contributed by atoms with van der Waals surface area (Å²) in [7, 11) is 3.17. The van der Waals surface area contributed by atoms with E-state index < -0.39 is 0 Å². The monoisotopic (exact) mass is 394 g/mol. The first-order valence-electron chi connectivity index (χ1n) is 7.69. The molecule has 1 aromatic heterocycles. The summed E-state index contributed by atoms with van der Waals surface area (Å²) in [6.07, 6.45) is 6.33. The number of carbonyl (C=O) groups excluding carboxylic acids is 1. The van der Waals surface area contributed by atoms with E-state index >= 15 is 0 Å². The first-order valence-corrected chi connectivity index (χ1v) is 7.69. The van der Waals surface area contributed by atoms with Gasteiger partial charge >= 0.3 is 0 Å². The summed E-state index contributed by atoms with van der Waals surface area (Å²) in [6, 6.07) is 11.3. The normalized spacial score (nSPS) is 9.75. The van der Waals surface area contributed by atoms with Crippen molar-refractivity contribution in [2.24, 2.45) is 0 Å². The number of hydrogen-bond donors (Lipinski definition) is 1. The molecule has 0 saturated carbocycles. The Morgan fingerprint density at radius 1 is 1.08 bits per heavy atom. The van der Waals surface area contributed by atoms with Gasteiger partial charge in [0.2, 0.25) is 5.91 Å². The standard InChI is InChI=1S/C18H22N2O3.BrH/c1-22-15-9-10-17(23-2)16(14-15)19-18(21)8-4-7-13-20-11-5-3-6-12-20;/h3,5-6,9-12,14H,4,7-8,13H2,1-2H3;1H. The highest BCUT2D eigenvalue weighted by molar-refractivity contribution is 5.92. The molecule has 0 aliphatic heterocycles. The third kappa shape index (κ3) is 6.20. The minimum atomic E-state index is -0.0189. The van der Waals surface area contributed by atoms with Crippen molar-refractivity contribution in [3.63, 3.8) is 0 Å². The molecule has 6 heteroatoms. The maximum atomic E-state index is 12.1.